The second-order valence-corrected chi connectivity index (χ2v) is 7.57. The Morgan fingerprint density at radius 2 is 2.10 bits per heavy atom. The quantitative estimate of drug-likeness (QED) is 0.810. The largest absolute Gasteiger partial charge is 0.481 e. The van der Waals surface area contributed by atoms with Crippen molar-refractivity contribution < 1.29 is 19.4 Å². The Hall–Kier alpha value is -1.14. The van der Waals surface area contributed by atoms with Gasteiger partial charge in [-0.1, -0.05) is 13.8 Å². The highest BCUT2D eigenvalue weighted by molar-refractivity contribution is 5.82. The number of rotatable bonds is 3. The minimum absolute atomic E-state index is 0.0581. The Kier molecular flexibility index (Phi) is 3.48. The number of carbonyl (C=O) groups is 2. The molecule has 0 radical (unpaired) electrons. The molecule has 6 nitrogen and oxygen atoms in total. The zero-order valence-electron chi connectivity index (χ0n) is 12.8. The summed E-state index contributed by atoms with van der Waals surface area (Å²) in [6, 6.07) is 0. The summed E-state index contributed by atoms with van der Waals surface area (Å²) in [4.78, 5) is 27.9. The Labute approximate surface area is 125 Å². The van der Waals surface area contributed by atoms with Gasteiger partial charge in [0.25, 0.3) is 0 Å². The van der Waals surface area contributed by atoms with Gasteiger partial charge < -0.3 is 14.7 Å². The molecular weight excluding hydrogens is 272 g/mol. The summed E-state index contributed by atoms with van der Waals surface area (Å²) in [6.07, 6.45) is 1.11. The van der Waals surface area contributed by atoms with E-state index in [1.54, 1.807) is 4.90 Å². The molecular formula is C15H24N2O4. The molecule has 0 aromatic rings. The second kappa shape index (κ2) is 4.95. The van der Waals surface area contributed by atoms with Crippen LogP contribution < -0.4 is 0 Å². The lowest BCUT2D eigenvalue weighted by atomic mass is 9.81. The zero-order chi connectivity index (χ0) is 15.3. The fourth-order valence-corrected chi connectivity index (χ4v) is 3.88. The molecule has 3 rings (SSSR count). The number of carboxylic acids is 1. The highest BCUT2D eigenvalue weighted by Gasteiger charge is 2.57. The average Bonchev–Trinajstić information content (AvgIpc) is 3.00. The van der Waals surface area contributed by atoms with Gasteiger partial charge in [0.2, 0.25) is 5.91 Å². The molecule has 0 aliphatic carbocycles. The fourth-order valence-electron chi connectivity index (χ4n) is 3.88. The molecule has 0 bridgehead atoms. The maximum Gasteiger partial charge on any atom is 0.314 e. The van der Waals surface area contributed by atoms with Crippen LogP contribution in [0.1, 0.15) is 20.3 Å². The van der Waals surface area contributed by atoms with Gasteiger partial charge in [0, 0.05) is 25.6 Å². The standard InChI is InChI=1S/C15H24N2O4/c1-14(2)3-4-16(8-14)6-12(18)17-5-11-7-21-10-15(11,9-17)13(19)20/h11H,3-10H2,1-2H3,(H,19,20)/t11-,15-/m1/s1. The summed E-state index contributed by atoms with van der Waals surface area (Å²) < 4.78 is 5.34. The molecule has 3 fully saturated rings. The van der Waals surface area contributed by atoms with Crippen molar-refractivity contribution in [3.05, 3.63) is 0 Å². The third-order valence-corrected chi connectivity index (χ3v) is 5.27. The smallest absolute Gasteiger partial charge is 0.314 e. The van der Waals surface area contributed by atoms with Crippen LogP contribution in [0.3, 0.4) is 0 Å². The van der Waals surface area contributed by atoms with Crippen LogP contribution in [0.4, 0.5) is 0 Å². The van der Waals surface area contributed by atoms with Gasteiger partial charge >= 0.3 is 5.97 Å². The molecule has 21 heavy (non-hydrogen) atoms. The maximum absolute atomic E-state index is 12.5. The van der Waals surface area contributed by atoms with Crippen molar-refractivity contribution in [2.24, 2.45) is 16.7 Å². The van der Waals surface area contributed by atoms with Gasteiger partial charge in [-0.2, -0.15) is 0 Å². The van der Waals surface area contributed by atoms with E-state index in [9.17, 15) is 14.7 Å². The first-order valence-electron chi connectivity index (χ1n) is 7.64. The molecule has 3 aliphatic rings. The van der Waals surface area contributed by atoms with E-state index >= 15 is 0 Å². The molecule has 0 aromatic heterocycles. The van der Waals surface area contributed by atoms with Gasteiger partial charge in [0.05, 0.1) is 19.8 Å². The van der Waals surface area contributed by atoms with Crippen molar-refractivity contribution in [1.29, 1.82) is 0 Å². The number of aliphatic carboxylic acids is 1. The minimum Gasteiger partial charge on any atom is -0.481 e. The van der Waals surface area contributed by atoms with Crippen molar-refractivity contribution in [1.82, 2.24) is 9.80 Å². The fraction of sp³-hybridized carbons (Fsp3) is 0.867. The molecule has 3 heterocycles. The summed E-state index contributed by atoms with van der Waals surface area (Å²) in [5.74, 6) is -0.834. The SMILES string of the molecule is CC1(C)CCN(CC(=O)N2C[C@@H]3COC[C@]3(C(=O)O)C2)C1. The van der Waals surface area contributed by atoms with Gasteiger partial charge in [-0.25, -0.2) is 0 Å². The van der Waals surface area contributed by atoms with Crippen molar-refractivity contribution in [2.45, 2.75) is 20.3 Å². The number of carboxylic acid groups (broad SMARTS) is 1. The van der Waals surface area contributed by atoms with Crippen LogP contribution in [0.5, 0.6) is 0 Å². The Morgan fingerprint density at radius 1 is 1.33 bits per heavy atom. The maximum atomic E-state index is 12.5. The molecule has 0 saturated carbocycles. The van der Waals surface area contributed by atoms with Gasteiger partial charge in [0.15, 0.2) is 0 Å². The van der Waals surface area contributed by atoms with E-state index in [0.717, 1.165) is 19.5 Å². The van der Waals surface area contributed by atoms with Gasteiger partial charge in [-0.3, -0.25) is 14.5 Å². The van der Waals surface area contributed by atoms with Crippen molar-refractivity contribution in [3.63, 3.8) is 0 Å². The number of amides is 1. The molecule has 1 amide bonds. The summed E-state index contributed by atoms with van der Waals surface area (Å²) >= 11 is 0. The lowest BCUT2D eigenvalue weighted by molar-refractivity contribution is -0.149. The third-order valence-electron chi connectivity index (χ3n) is 5.27. The molecule has 0 spiro atoms. The molecule has 1 N–H and O–H groups in total. The van der Waals surface area contributed by atoms with E-state index in [2.05, 4.69) is 18.7 Å². The molecule has 0 aromatic carbocycles. The Bertz CT molecular complexity index is 465. The highest BCUT2D eigenvalue weighted by atomic mass is 16.5. The summed E-state index contributed by atoms with van der Waals surface area (Å²) in [6.45, 7) is 8.22. The van der Waals surface area contributed by atoms with Crippen molar-refractivity contribution in [3.8, 4) is 0 Å². The van der Waals surface area contributed by atoms with E-state index < -0.39 is 11.4 Å². The Morgan fingerprint density at radius 3 is 2.67 bits per heavy atom. The number of hydrogen-bond donors (Lipinski definition) is 1. The minimum atomic E-state index is -0.875. The molecule has 6 heteroatoms. The molecule has 118 valence electrons. The number of likely N-dealkylation sites (tertiary alicyclic amines) is 2. The van der Waals surface area contributed by atoms with E-state index in [0.29, 0.717) is 26.2 Å². The third kappa shape index (κ3) is 2.55. The molecule has 3 saturated heterocycles. The van der Waals surface area contributed by atoms with Crippen LogP contribution in [0.25, 0.3) is 0 Å². The van der Waals surface area contributed by atoms with E-state index in [4.69, 9.17) is 4.74 Å². The summed E-state index contributed by atoms with van der Waals surface area (Å²) in [5, 5.41) is 9.50. The van der Waals surface area contributed by atoms with Crippen LogP contribution in [0.15, 0.2) is 0 Å². The predicted molar refractivity (Wildman–Crippen MR) is 75.8 cm³/mol. The lowest BCUT2D eigenvalue weighted by Crippen LogP contribution is -2.42. The zero-order valence-corrected chi connectivity index (χ0v) is 12.8. The van der Waals surface area contributed by atoms with Crippen LogP contribution in [0, 0.1) is 16.7 Å². The van der Waals surface area contributed by atoms with E-state index in [-0.39, 0.29) is 23.8 Å². The van der Waals surface area contributed by atoms with Gasteiger partial charge in [-0.15, -0.1) is 0 Å². The number of fused-ring (bicyclic) bond motifs is 1. The van der Waals surface area contributed by atoms with Crippen LogP contribution >= 0.6 is 0 Å². The molecule has 3 aliphatic heterocycles. The van der Waals surface area contributed by atoms with E-state index in [1.165, 1.54) is 0 Å². The second-order valence-electron chi connectivity index (χ2n) is 7.57. The lowest BCUT2D eigenvalue weighted by Gasteiger charge is -2.24. The summed E-state index contributed by atoms with van der Waals surface area (Å²) in [5.41, 5.74) is -0.599. The number of ether oxygens (including phenoxy) is 1. The first-order valence-corrected chi connectivity index (χ1v) is 7.64. The van der Waals surface area contributed by atoms with Crippen LogP contribution in [-0.4, -0.2) is 72.7 Å². The van der Waals surface area contributed by atoms with Crippen LogP contribution in [-0.2, 0) is 14.3 Å². The molecule has 2 atom stereocenters. The first-order chi connectivity index (χ1) is 9.82. The Balaban J connectivity index is 1.61. The summed E-state index contributed by atoms with van der Waals surface area (Å²) in [7, 11) is 0. The van der Waals surface area contributed by atoms with Gasteiger partial charge in [0.1, 0.15) is 5.41 Å². The topological polar surface area (TPSA) is 70.1 Å². The average molecular weight is 296 g/mol. The number of nitrogens with zero attached hydrogens (tertiary/aromatic N) is 2. The van der Waals surface area contributed by atoms with Gasteiger partial charge in [-0.05, 0) is 18.4 Å². The highest BCUT2D eigenvalue weighted by Crippen LogP contribution is 2.41. The monoisotopic (exact) mass is 296 g/mol. The van der Waals surface area contributed by atoms with Crippen LogP contribution in [0.2, 0.25) is 0 Å². The van der Waals surface area contributed by atoms with Crippen molar-refractivity contribution in [2.75, 3.05) is 45.9 Å². The molecule has 0 unspecified atom stereocenters. The normalized spacial score (nSPS) is 35.1. The number of hydrogen-bond acceptors (Lipinski definition) is 4. The number of carbonyl (C=O) groups excluding carboxylic acids is 1. The predicted octanol–water partition coefficient (Wildman–Crippen LogP) is 0.278. The van der Waals surface area contributed by atoms with E-state index in [1.807, 2.05) is 0 Å². The first kappa shape index (κ1) is 14.8. The van der Waals surface area contributed by atoms with Crippen molar-refractivity contribution >= 4 is 11.9 Å².